The van der Waals surface area contributed by atoms with Gasteiger partial charge < -0.3 is 0 Å². The molecule has 0 N–H and O–H groups in total. The first-order valence-corrected chi connectivity index (χ1v) is 8.13. The molecule has 3 rings (SSSR count). The minimum atomic E-state index is -0.304. The topological polar surface area (TPSA) is 17.8 Å². The first kappa shape index (κ1) is 15.9. The summed E-state index contributed by atoms with van der Waals surface area (Å²) in [6.45, 7) is 2.04. The Hall–Kier alpha value is -2.01. The molecule has 1 atom stereocenters. The van der Waals surface area contributed by atoms with Gasteiger partial charge in [0.1, 0.15) is 11.6 Å². The second-order valence-electron chi connectivity index (χ2n) is 5.29. The van der Waals surface area contributed by atoms with Crippen LogP contribution in [0.3, 0.4) is 0 Å². The molecule has 0 aliphatic rings. The Labute approximate surface area is 141 Å². The predicted octanol–water partition coefficient (Wildman–Crippen LogP) is 5.59. The largest absolute Gasteiger partial charge is 0.265 e. The van der Waals surface area contributed by atoms with Crippen molar-refractivity contribution in [2.24, 2.45) is 0 Å². The molecule has 0 amide bonds. The van der Waals surface area contributed by atoms with Crippen LogP contribution >= 0.6 is 15.9 Å². The molecule has 2 nitrogen and oxygen atoms in total. The van der Waals surface area contributed by atoms with Crippen molar-refractivity contribution in [2.75, 3.05) is 0 Å². The van der Waals surface area contributed by atoms with E-state index in [1.165, 1.54) is 12.1 Å². The predicted molar refractivity (Wildman–Crippen MR) is 90.2 cm³/mol. The smallest absolute Gasteiger partial charge is 0.145 e. The molecule has 0 aliphatic heterocycles. The van der Waals surface area contributed by atoms with Gasteiger partial charge >= 0.3 is 0 Å². The van der Waals surface area contributed by atoms with E-state index in [9.17, 15) is 8.78 Å². The molecule has 3 aromatic rings. The van der Waals surface area contributed by atoms with Gasteiger partial charge in [-0.15, -0.1) is 0 Å². The lowest BCUT2D eigenvalue weighted by atomic mass is 10.0. The number of nitrogens with zero attached hydrogens (tertiary/aromatic N) is 2. The Morgan fingerprint density at radius 1 is 1.13 bits per heavy atom. The summed E-state index contributed by atoms with van der Waals surface area (Å²) >= 11 is 3.20. The van der Waals surface area contributed by atoms with Crippen LogP contribution in [0.2, 0.25) is 0 Å². The standard InChI is InChI=1S/C18H15BrF2N2/c1-2-17(12-6-8-14(20)9-7-12)23-11-13(10-22-23)15-4-3-5-16(19)18(15)21/h3-11,17H,2H2,1H3. The van der Waals surface area contributed by atoms with Crippen molar-refractivity contribution in [2.45, 2.75) is 19.4 Å². The molecule has 23 heavy (non-hydrogen) atoms. The molecule has 118 valence electrons. The molecular weight excluding hydrogens is 362 g/mol. The van der Waals surface area contributed by atoms with Crippen molar-refractivity contribution < 1.29 is 8.78 Å². The summed E-state index contributed by atoms with van der Waals surface area (Å²) in [6.07, 6.45) is 4.27. The number of hydrogen-bond donors (Lipinski definition) is 0. The highest BCUT2D eigenvalue weighted by molar-refractivity contribution is 9.10. The van der Waals surface area contributed by atoms with Gasteiger partial charge in [-0.3, -0.25) is 4.68 Å². The second kappa shape index (κ2) is 6.62. The van der Waals surface area contributed by atoms with E-state index >= 15 is 0 Å². The Morgan fingerprint density at radius 2 is 1.87 bits per heavy atom. The van der Waals surface area contributed by atoms with E-state index in [0.717, 1.165) is 12.0 Å². The lowest BCUT2D eigenvalue weighted by Gasteiger charge is -2.16. The summed E-state index contributed by atoms with van der Waals surface area (Å²) < 4.78 is 29.5. The zero-order valence-corrected chi connectivity index (χ0v) is 14.1. The van der Waals surface area contributed by atoms with Gasteiger partial charge in [-0.05, 0) is 46.1 Å². The van der Waals surface area contributed by atoms with Crippen molar-refractivity contribution in [3.8, 4) is 11.1 Å². The van der Waals surface area contributed by atoms with Crippen LogP contribution in [0.1, 0.15) is 24.9 Å². The van der Waals surface area contributed by atoms with Crippen LogP contribution in [-0.4, -0.2) is 9.78 Å². The fourth-order valence-electron chi connectivity index (χ4n) is 2.63. The zero-order chi connectivity index (χ0) is 16.4. The maximum absolute atomic E-state index is 14.2. The maximum atomic E-state index is 14.2. The lowest BCUT2D eigenvalue weighted by molar-refractivity contribution is 0.508. The molecule has 0 spiro atoms. The van der Waals surface area contributed by atoms with Gasteiger partial charge in [0.05, 0.1) is 16.7 Å². The monoisotopic (exact) mass is 376 g/mol. The normalized spacial score (nSPS) is 12.3. The Kier molecular flexibility index (Phi) is 4.57. The highest BCUT2D eigenvalue weighted by Crippen LogP contribution is 2.29. The Balaban J connectivity index is 1.97. The fraction of sp³-hybridized carbons (Fsp3) is 0.167. The molecule has 0 saturated heterocycles. The van der Waals surface area contributed by atoms with E-state index in [1.807, 2.05) is 13.1 Å². The molecule has 0 bridgehead atoms. The average molecular weight is 377 g/mol. The first-order valence-electron chi connectivity index (χ1n) is 7.34. The molecule has 5 heteroatoms. The van der Waals surface area contributed by atoms with E-state index in [4.69, 9.17) is 0 Å². The highest BCUT2D eigenvalue weighted by Gasteiger charge is 2.15. The van der Waals surface area contributed by atoms with Crippen molar-refractivity contribution in [3.63, 3.8) is 0 Å². The number of benzene rings is 2. The van der Waals surface area contributed by atoms with Crippen LogP contribution in [-0.2, 0) is 0 Å². The molecular formula is C18H15BrF2N2. The number of aromatic nitrogens is 2. The minimum Gasteiger partial charge on any atom is -0.265 e. The highest BCUT2D eigenvalue weighted by atomic mass is 79.9. The van der Waals surface area contributed by atoms with Crippen molar-refractivity contribution in [1.29, 1.82) is 0 Å². The van der Waals surface area contributed by atoms with E-state index in [-0.39, 0.29) is 17.7 Å². The third-order valence-corrected chi connectivity index (χ3v) is 4.44. The van der Waals surface area contributed by atoms with Gasteiger partial charge in [-0.1, -0.05) is 31.2 Å². The molecule has 0 saturated carbocycles. The van der Waals surface area contributed by atoms with Gasteiger partial charge in [-0.25, -0.2) is 8.78 Å². The van der Waals surface area contributed by atoms with Crippen molar-refractivity contribution in [1.82, 2.24) is 9.78 Å². The van der Waals surface area contributed by atoms with E-state index in [1.54, 1.807) is 41.2 Å². The van der Waals surface area contributed by atoms with Gasteiger partial charge in [-0.2, -0.15) is 5.10 Å². The Bertz CT molecular complexity index is 812. The third-order valence-electron chi connectivity index (χ3n) is 3.82. The maximum Gasteiger partial charge on any atom is 0.145 e. The summed E-state index contributed by atoms with van der Waals surface area (Å²) in [6, 6.07) is 11.6. The summed E-state index contributed by atoms with van der Waals surface area (Å²) in [5.41, 5.74) is 2.18. The molecule has 1 unspecified atom stereocenters. The van der Waals surface area contributed by atoms with Gasteiger partial charge in [0.2, 0.25) is 0 Å². The quantitative estimate of drug-likeness (QED) is 0.580. The van der Waals surface area contributed by atoms with Crippen LogP contribution < -0.4 is 0 Å². The lowest BCUT2D eigenvalue weighted by Crippen LogP contribution is -2.10. The number of halogens is 3. The minimum absolute atomic E-state index is 0.0143. The second-order valence-corrected chi connectivity index (χ2v) is 6.14. The number of rotatable bonds is 4. The zero-order valence-electron chi connectivity index (χ0n) is 12.5. The summed E-state index contributed by atoms with van der Waals surface area (Å²) in [5.74, 6) is -0.567. The SMILES string of the molecule is CCC(c1ccc(F)cc1)n1cc(-c2cccc(Br)c2F)cn1. The van der Waals surface area contributed by atoms with E-state index < -0.39 is 0 Å². The number of hydrogen-bond acceptors (Lipinski definition) is 1. The van der Waals surface area contributed by atoms with E-state index in [2.05, 4.69) is 21.0 Å². The van der Waals surface area contributed by atoms with Gasteiger partial charge in [0.15, 0.2) is 0 Å². The molecule has 2 aromatic carbocycles. The van der Waals surface area contributed by atoms with Crippen LogP contribution in [0, 0.1) is 11.6 Å². The van der Waals surface area contributed by atoms with Crippen molar-refractivity contribution >= 4 is 15.9 Å². The molecule has 0 radical (unpaired) electrons. The van der Waals surface area contributed by atoms with Crippen LogP contribution in [0.25, 0.3) is 11.1 Å². The fourth-order valence-corrected chi connectivity index (χ4v) is 3.00. The molecule has 1 aromatic heterocycles. The van der Waals surface area contributed by atoms with E-state index in [0.29, 0.717) is 15.6 Å². The van der Waals surface area contributed by atoms with Crippen molar-refractivity contribution in [3.05, 3.63) is 76.5 Å². The van der Waals surface area contributed by atoms with Gasteiger partial charge in [0.25, 0.3) is 0 Å². The van der Waals surface area contributed by atoms with Crippen LogP contribution in [0.5, 0.6) is 0 Å². The van der Waals surface area contributed by atoms with Crippen LogP contribution in [0.15, 0.2) is 59.3 Å². The molecule has 0 aliphatic carbocycles. The summed E-state index contributed by atoms with van der Waals surface area (Å²) in [4.78, 5) is 0. The summed E-state index contributed by atoms with van der Waals surface area (Å²) in [7, 11) is 0. The van der Waals surface area contributed by atoms with Crippen LogP contribution in [0.4, 0.5) is 8.78 Å². The third kappa shape index (κ3) is 3.20. The average Bonchev–Trinajstić information content (AvgIpc) is 3.02. The Morgan fingerprint density at radius 3 is 2.57 bits per heavy atom. The summed E-state index contributed by atoms with van der Waals surface area (Å²) in [5, 5.41) is 4.37. The molecule has 0 fully saturated rings. The molecule has 1 heterocycles. The van der Waals surface area contributed by atoms with Gasteiger partial charge in [0, 0.05) is 17.3 Å². The first-order chi connectivity index (χ1) is 11.1.